The number of benzene rings is 1. The van der Waals surface area contributed by atoms with Gasteiger partial charge in [0.2, 0.25) is 0 Å². The first-order valence-electron chi connectivity index (χ1n) is 3.78. The van der Waals surface area contributed by atoms with Gasteiger partial charge in [-0.2, -0.15) is 0 Å². The number of hydrogen-bond donors (Lipinski definition) is 0. The summed E-state index contributed by atoms with van der Waals surface area (Å²) in [6.45, 7) is 0. The van der Waals surface area contributed by atoms with Crippen LogP contribution in [0, 0.1) is 6.42 Å². The molecule has 13 heavy (non-hydrogen) atoms. The van der Waals surface area contributed by atoms with Gasteiger partial charge in [0.1, 0.15) is 0 Å². The molecule has 0 radical (unpaired) electrons. The van der Waals surface area contributed by atoms with Crippen LogP contribution in [-0.4, -0.2) is 13.1 Å². The summed E-state index contributed by atoms with van der Waals surface area (Å²) in [6.07, 6.45) is 2.16. The quantitative estimate of drug-likeness (QED) is 0.317. The van der Waals surface area contributed by atoms with Crippen LogP contribution in [0.5, 0.6) is 0 Å². The SMILES string of the molecule is COC(=O)[CH-]Cc1ccccc1.[Li+]. The van der Waals surface area contributed by atoms with E-state index in [1.54, 1.807) is 0 Å². The van der Waals surface area contributed by atoms with Crippen LogP contribution in [0.2, 0.25) is 0 Å². The molecule has 1 aromatic carbocycles. The van der Waals surface area contributed by atoms with Crippen molar-refractivity contribution in [1.29, 1.82) is 0 Å². The molecule has 0 bridgehead atoms. The van der Waals surface area contributed by atoms with Crippen LogP contribution >= 0.6 is 0 Å². The van der Waals surface area contributed by atoms with Gasteiger partial charge >= 0.3 is 18.9 Å². The van der Waals surface area contributed by atoms with Gasteiger partial charge in [0.05, 0.1) is 7.11 Å². The predicted octanol–water partition coefficient (Wildman–Crippen LogP) is -1.39. The van der Waals surface area contributed by atoms with Crippen molar-refractivity contribution in [3.8, 4) is 0 Å². The molecular weight excluding hydrogens is 159 g/mol. The fraction of sp³-hybridized carbons (Fsp3) is 0.200. The van der Waals surface area contributed by atoms with Gasteiger partial charge < -0.3 is 4.74 Å². The Balaban J connectivity index is 0.00000144. The summed E-state index contributed by atoms with van der Waals surface area (Å²) in [5, 5.41) is 0. The molecule has 1 rings (SSSR count). The Morgan fingerprint density at radius 1 is 1.38 bits per heavy atom. The average Bonchev–Trinajstić information content (AvgIpc) is 2.16. The van der Waals surface area contributed by atoms with Crippen molar-refractivity contribution in [3.05, 3.63) is 42.3 Å². The Morgan fingerprint density at radius 3 is 2.54 bits per heavy atom. The van der Waals surface area contributed by atoms with Gasteiger partial charge in [-0.05, 0) is 0 Å². The summed E-state index contributed by atoms with van der Waals surface area (Å²) in [4.78, 5) is 10.7. The summed E-state index contributed by atoms with van der Waals surface area (Å²) in [5.41, 5.74) is 1.11. The van der Waals surface area contributed by atoms with Gasteiger partial charge in [0.15, 0.2) is 5.97 Å². The molecule has 3 heteroatoms. The van der Waals surface area contributed by atoms with Gasteiger partial charge in [-0.15, -0.1) is 6.42 Å². The molecule has 1 aromatic rings. The Labute approximate surface area is 90.5 Å². The van der Waals surface area contributed by atoms with E-state index in [4.69, 9.17) is 0 Å². The van der Waals surface area contributed by atoms with E-state index in [0.29, 0.717) is 6.42 Å². The monoisotopic (exact) mass is 170 g/mol. The molecule has 0 N–H and O–H groups in total. The molecule has 0 saturated heterocycles. The second kappa shape index (κ2) is 6.65. The molecule has 2 nitrogen and oxygen atoms in total. The van der Waals surface area contributed by atoms with Crippen molar-refractivity contribution >= 4 is 5.97 Å². The van der Waals surface area contributed by atoms with Crippen LogP contribution in [0.3, 0.4) is 0 Å². The van der Waals surface area contributed by atoms with Crippen molar-refractivity contribution < 1.29 is 28.4 Å². The number of carbonyl (C=O) groups excluding carboxylic acids is 1. The van der Waals surface area contributed by atoms with Gasteiger partial charge in [0, 0.05) is 0 Å². The van der Waals surface area contributed by atoms with E-state index in [1.807, 2.05) is 30.3 Å². The third-order valence-corrected chi connectivity index (χ3v) is 1.55. The van der Waals surface area contributed by atoms with Crippen molar-refractivity contribution in [1.82, 2.24) is 0 Å². The van der Waals surface area contributed by atoms with Crippen molar-refractivity contribution in [2.75, 3.05) is 7.11 Å². The van der Waals surface area contributed by atoms with Gasteiger partial charge in [0.25, 0.3) is 0 Å². The maximum atomic E-state index is 10.7. The molecule has 0 aliphatic rings. The molecule has 64 valence electrons. The minimum atomic E-state index is -0.279. The maximum Gasteiger partial charge on any atom is 1.00 e. The van der Waals surface area contributed by atoms with Crippen molar-refractivity contribution in [2.45, 2.75) is 6.42 Å². The van der Waals surface area contributed by atoms with Crippen LogP contribution in [0.25, 0.3) is 0 Å². The van der Waals surface area contributed by atoms with E-state index < -0.39 is 0 Å². The zero-order valence-corrected chi connectivity index (χ0v) is 7.99. The summed E-state index contributed by atoms with van der Waals surface area (Å²) in [6, 6.07) is 9.78. The van der Waals surface area contributed by atoms with E-state index >= 15 is 0 Å². The normalized spacial score (nSPS) is 8.38. The molecule has 0 atom stereocenters. The first-order valence-corrected chi connectivity index (χ1v) is 3.78. The van der Waals surface area contributed by atoms with E-state index in [9.17, 15) is 4.79 Å². The largest absolute Gasteiger partial charge is 1.00 e. The molecule has 0 aliphatic carbocycles. The zero-order chi connectivity index (χ0) is 8.81. The van der Waals surface area contributed by atoms with E-state index in [-0.39, 0.29) is 24.8 Å². The summed E-state index contributed by atoms with van der Waals surface area (Å²) in [5.74, 6) is -0.279. The number of carbonyl (C=O) groups is 1. The first kappa shape index (κ1) is 12.2. The second-order valence-electron chi connectivity index (χ2n) is 2.42. The molecule has 0 amide bonds. The summed E-state index contributed by atoms with van der Waals surface area (Å²) < 4.78 is 4.48. The predicted molar refractivity (Wildman–Crippen MR) is 46.5 cm³/mol. The van der Waals surface area contributed by atoms with Crippen LogP contribution < -0.4 is 18.9 Å². The van der Waals surface area contributed by atoms with E-state index in [1.165, 1.54) is 13.5 Å². The average molecular weight is 170 g/mol. The molecule has 0 fully saturated rings. The number of ether oxygens (including phenoxy) is 1. The fourth-order valence-corrected chi connectivity index (χ4v) is 0.899. The molecule has 0 aromatic heterocycles. The van der Waals surface area contributed by atoms with Gasteiger partial charge in [-0.1, -0.05) is 35.9 Å². The Kier molecular flexibility index (Phi) is 6.22. The van der Waals surface area contributed by atoms with E-state index in [2.05, 4.69) is 4.74 Å². The number of hydrogen-bond acceptors (Lipinski definition) is 2. The van der Waals surface area contributed by atoms with Crippen LogP contribution in [0.1, 0.15) is 5.56 Å². The van der Waals surface area contributed by atoms with Gasteiger partial charge in [-0.3, -0.25) is 11.2 Å². The molecule has 0 aliphatic heterocycles. The molecule has 0 heterocycles. The minimum Gasteiger partial charge on any atom is -0.491 e. The second-order valence-corrected chi connectivity index (χ2v) is 2.42. The Morgan fingerprint density at radius 2 is 2.00 bits per heavy atom. The Bertz CT molecular complexity index is 246. The Hall–Kier alpha value is -0.843. The van der Waals surface area contributed by atoms with Crippen molar-refractivity contribution in [2.24, 2.45) is 0 Å². The summed E-state index contributed by atoms with van der Waals surface area (Å²) in [7, 11) is 1.38. The minimum absolute atomic E-state index is 0. The maximum absolute atomic E-state index is 10.7. The molecule has 0 spiro atoms. The number of esters is 1. The standard InChI is InChI=1S/C10H11O2.Li/c1-12-10(11)8-7-9-5-3-2-4-6-9;/h2-6,8H,7H2,1H3;/q-1;+1. The molecule has 0 unspecified atom stereocenters. The molecule has 0 saturated carbocycles. The third kappa shape index (κ3) is 4.67. The van der Waals surface area contributed by atoms with Crippen molar-refractivity contribution in [3.63, 3.8) is 0 Å². The number of rotatable bonds is 3. The smallest absolute Gasteiger partial charge is 0.491 e. The zero-order valence-electron chi connectivity index (χ0n) is 7.99. The summed E-state index contributed by atoms with van der Waals surface area (Å²) >= 11 is 0. The topological polar surface area (TPSA) is 26.3 Å². The van der Waals surface area contributed by atoms with Gasteiger partial charge in [-0.25, -0.2) is 0 Å². The fourth-order valence-electron chi connectivity index (χ4n) is 0.899. The number of methoxy groups -OCH3 is 1. The van der Waals surface area contributed by atoms with E-state index in [0.717, 1.165) is 5.56 Å². The molecular formula is C10H11LiO2. The van der Waals surface area contributed by atoms with Crippen LogP contribution in [0.15, 0.2) is 30.3 Å². The van der Waals surface area contributed by atoms with Crippen LogP contribution in [-0.2, 0) is 16.0 Å². The first-order chi connectivity index (χ1) is 5.83. The van der Waals surface area contributed by atoms with Crippen LogP contribution in [0.4, 0.5) is 0 Å². The third-order valence-electron chi connectivity index (χ3n) is 1.55.